The first-order valence-electron chi connectivity index (χ1n) is 4.36. The molecular formula is C8H13N3S. The monoisotopic (exact) mass is 183 g/mol. The van der Waals surface area contributed by atoms with Crippen molar-refractivity contribution in [2.24, 2.45) is 5.92 Å². The summed E-state index contributed by atoms with van der Waals surface area (Å²) in [6.07, 6.45) is 2.57. The Bertz CT molecular complexity index is 271. The molecule has 0 radical (unpaired) electrons. The molecule has 1 N–H and O–H groups in total. The van der Waals surface area contributed by atoms with Crippen LogP contribution in [0.15, 0.2) is 0 Å². The van der Waals surface area contributed by atoms with E-state index >= 15 is 0 Å². The van der Waals surface area contributed by atoms with E-state index in [1.54, 1.807) is 0 Å². The normalized spacial score (nSPS) is 27.2. The van der Waals surface area contributed by atoms with Gasteiger partial charge in [-0.1, -0.05) is 13.3 Å². The van der Waals surface area contributed by atoms with E-state index in [-0.39, 0.29) is 0 Å². The van der Waals surface area contributed by atoms with Crippen molar-refractivity contribution < 1.29 is 0 Å². The number of hydrogen-bond acceptors (Lipinski definition) is 4. The molecule has 1 aromatic rings. The fourth-order valence-corrected chi connectivity index (χ4v) is 2.03. The standard InChI is InChI=1S/C8H13N3S/c1-3-6-4-7(6)10-8-9-5(2)11-12-8/h6-7H,3-4H2,1-2H3,(H,9,10,11). The molecule has 0 aliphatic heterocycles. The molecule has 3 nitrogen and oxygen atoms in total. The van der Waals surface area contributed by atoms with E-state index in [0.29, 0.717) is 6.04 Å². The van der Waals surface area contributed by atoms with Crippen LogP contribution >= 0.6 is 11.5 Å². The van der Waals surface area contributed by atoms with Gasteiger partial charge in [0.2, 0.25) is 5.13 Å². The molecule has 0 amide bonds. The van der Waals surface area contributed by atoms with Crippen LogP contribution in [0.25, 0.3) is 0 Å². The molecule has 0 saturated heterocycles. The molecule has 0 bridgehead atoms. The van der Waals surface area contributed by atoms with Crippen LogP contribution in [0.5, 0.6) is 0 Å². The van der Waals surface area contributed by atoms with E-state index in [9.17, 15) is 0 Å². The summed E-state index contributed by atoms with van der Waals surface area (Å²) >= 11 is 1.46. The van der Waals surface area contributed by atoms with Gasteiger partial charge in [-0.3, -0.25) is 0 Å². The van der Waals surface area contributed by atoms with Crippen molar-refractivity contribution in [1.82, 2.24) is 9.36 Å². The number of aryl methyl sites for hydroxylation is 1. The van der Waals surface area contributed by atoms with Gasteiger partial charge in [-0.05, 0) is 19.3 Å². The minimum absolute atomic E-state index is 0.669. The smallest absolute Gasteiger partial charge is 0.202 e. The number of aromatic nitrogens is 2. The fourth-order valence-electron chi connectivity index (χ4n) is 1.39. The van der Waals surface area contributed by atoms with Crippen LogP contribution in [-0.4, -0.2) is 15.4 Å². The fraction of sp³-hybridized carbons (Fsp3) is 0.750. The Kier molecular flexibility index (Phi) is 2.00. The van der Waals surface area contributed by atoms with E-state index in [1.165, 1.54) is 24.4 Å². The Morgan fingerprint density at radius 2 is 2.50 bits per heavy atom. The first-order chi connectivity index (χ1) is 5.79. The van der Waals surface area contributed by atoms with E-state index in [4.69, 9.17) is 0 Å². The van der Waals surface area contributed by atoms with Gasteiger partial charge in [0.15, 0.2) is 0 Å². The molecule has 0 aromatic carbocycles. The second-order valence-electron chi connectivity index (χ2n) is 3.30. The highest BCUT2D eigenvalue weighted by atomic mass is 32.1. The molecule has 1 aliphatic carbocycles. The average molecular weight is 183 g/mol. The molecular weight excluding hydrogens is 170 g/mol. The lowest BCUT2D eigenvalue weighted by atomic mass is 10.3. The summed E-state index contributed by atoms with van der Waals surface area (Å²) < 4.78 is 4.12. The van der Waals surface area contributed by atoms with Gasteiger partial charge in [0.1, 0.15) is 5.82 Å². The molecule has 2 atom stereocenters. The van der Waals surface area contributed by atoms with Gasteiger partial charge < -0.3 is 5.32 Å². The van der Waals surface area contributed by atoms with Crippen LogP contribution < -0.4 is 5.32 Å². The molecule has 1 heterocycles. The van der Waals surface area contributed by atoms with Crippen molar-refractivity contribution in [1.29, 1.82) is 0 Å². The number of nitrogens with one attached hydrogen (secondary N) is 1. The Labute approximate surface area is 76.4 Å². The van der Waals surface area contributed by atoms with Crippen molar-refractivity contribution in [3.63, 3.8) is 0 Å². The van der Waals surface area contributed by atoms with Crippen LogP contribution in [0.4, 0.5) is 5.13 Å². The Morgan fingerprint density at radius 1 is 1.67 bits per heavy atom. The molecule has 0 spiro atoms. The molecule has 1 aliphatic rings. The number of anilines is 1. The van der Waals surface area contributed by atoms with Gasteiger partial charge in [-0.15, -0.1) is 0 Å². The Morgan fingerprint density at radius 3 is 3.00 bits per heavy atom. The van der Waals surface area contributed by atoms with Crippen molar-refractivity contribution in [3.8, 4) is 0 Å². The molecule has 2 rings (SSSR count). The highest BCUT2D eigenvalue weighted by Crippen LogP contribution is 2.36. The van der Waals surface area contributed by atoms with Gasteiger partial charge in [-0.2, -0.15) is 4.37 Å². The van der Waals surface area contributed by atoms with Gasteiger partial charge in [-0.25, -0.2) is 4.98 Å². The average Bonchev–Trinajstić information content (AvgIpc) is 2.67. The van der Waals surface area contributed by atoms with Crippen LogP contribution in [0, 0.1) is 12.8 Å². The quantitative estimate of drug-likeness (QED) is 0.779. The summed E-state index contributed by atoms with van der Waals surface area (Å²) in [6, 6.07) is 0.669. The maximum absolute atomic E-state index is 4.26. The second kappa shape index (κ2) is 3.01. The minimum Gasteiger partial charge on any atom is -0.357 e. The van der Waals surface area contributed by atoms with Crippen LogP contribution in [0.1, 0.15) is 25.6 Å². The summed E-state index contributed by atoms with van der Waals surface area (Å²) in [6.45, 7) is 4.16. The van der Waals surface area contributed by atoms with E-state index in [0.717, 1.165) is 16.9 Å². The number of rotatable bonds is 3. The topological polar surface area (TPSA) is 37.8 Å². The van der Waals surface area contributed by atoms with Crippen LogP contribution in [0.3, 0.4) is 0 Å². The van der Waals surface area contributed by atoms with Gasteiger partial charge in [0.05, 0.1) is 0 Å². The number of nitrogens with zero attached hydrogens (tertiary/aromatic N) is 2. The lowest BCUT2D eigenvalue weighted by molar-refractivity contribution is 0.774. The third-order valence-corrected chi connectivity index (χ3v) is 3.02. The van der Waals surface area contributed by atoms with Crippen molar-refractivity contribution in [2.45, 2.75) is 32.7 Å². The lowest BCUT2D eigenvalue weighted by Crippen LogP contribution is -2.03. The summed E-state index contributed by atoms with van der Waals surface area (Å²) in [5.74, 6) is 1.74. The van der Waals surface area contributed by atoms with Gasteiger partial charge in [0, 0.05) is 17.6 Å². The summed E-state index contributed by atoms with van der Waals surface area (Å²) in [5, 5.41) is 4.36. The zero-order valence-electron chi connectivity index (χ0n) is 7.37. The molecule has 12 heavy (non-hydrogen) atoms. The summed E-state index contributed by atoms with van der Waals surface area (Å²) in [7, 11) is 0. The van der Waals surface area contributed by atoms with E-state index in [1.807, 2.05) is 6.92 Å². The predicted octanol–water partition coefficient (Wildman–Crippen LogP) is 2.06. The van der Waals surface area contributed by atoms with Crippen molar-refractivity contribution in [2.75, 3.05) is 5.32 Å². The van der Waals surface area contributed by atoms with E-state index in [2.05, 4.69) is 21.6 Å². The first kappa shape index (κ1) is 7.98. The summed E-state index contributed by atoms with van der Waals surface area (Å²) in [4.78, 5) is 4.26. The second-order valence-corrected chi connectivity index (χ2v) is 4.05. The van der Waals surface area contributed by atoms with Crippen LogP contribution in [0.2, 0.25) is 0 Å². The maximum Gasteiger partial charge on any atom is 0.202 e. The third kappa shape index (κ3) is 1.58. The molecule has 2 unspecified atom stereocenters. The molecule has 1 fully saturated rings. The zero-order valence-corrected chi connectivity index (χ0v) is 8.19. The largest absolute Gasteiger partial charge is 0.357 e. The first-order valence-corrected chi connectivity index (χ1v) is 5.13. The molecule has 1 aromatic heterocycles. The predicted molar refractivity (Wildman–Crippen MR) is 50.5 cm³/mol. The van der Waals surface area contributed by atoms with Gasteiger partial charge >= 0.3 is 0 Å². The van der Waals surface area contributed by atoms with Crippen LogP contribution in [-0.2, 0) is 0 Å². The van der Waals surface area contributed by atoms with E-state index < -0.39 is 0 Å². The molecule has 66 valence electrons. The highest BCUT2D eigenvalue weighted by molar-refractivity contribution is 7.09. The third-order valence-electron chi connectivity index (χ3n) is 2.28. The highest BCUT2D eigenvalue weighted by Gasteiger charge is 2.35. The Balaban J connectivity index is 1.89. The lowest BCUT2D eigenvalue weighted by Gasteiger charge is -1.97. The zero-order chi connectivity index (χ0) is 8.55. The Hall–Kier alpha value is -0.640. The van der Waals surface area contributed by atoms with Gasteiger partial charge in [0.25, 0.3) is 0 Å². The minimum atomic E-state index is 0.669. The summed E-state index contributed by atoms with van der Waals surface area (Å²) in [5.41, 5.74) is 0. The molecule has 1 saturated carbocycles. The van der Waals surface area contributed by atoms with Crippen molar-refractivity contribution in [3.05, 3.63) is 5.82 Å². The number of hydrogen-bond donors (Lipinski definition) is 1. The van der Waals surface area contributed by atoms with Crippen molar-refractivity contribution >= 4 is 16.7 Å². The maximum atomic E-state index is 4.26. The molecule has 4 heteroatoms. The SMILES string of the molecule is CCC1CC1Nc1nc(C)ns1.